The lowest BCUT2D eigenvalue weighted by Gasteiger charge is -2.16. The fourth-order valence-electron chi connectivity index (χ4n) is 1.22. The summed E-state index contributed by atoms with van der Waals surface area (Å²) in [5.74, 6) is -0.165. The summed E-state index contributed by atoms with van der Waals surface area (Å²) in [7, 11) is 0. The number of rotatable bonds is 3. The lowest BCUT2D eigenvalue weighted by atomic mass is 10.4. The van der Waals surface area contributed by atoms with Gasteiger partial charge in [-0.2, -0.15) is 0 Å². The Balaban J connectivity index is 2.13. The number of carboxylic acid groups (broad SMARTS) is 1. The van der Waals surface area contributed by atoms with E-state index in [2.05, 4.69) is 4.90 Å². The molecule has 0 aromatic carbocycles. The SMILES string of the molecule is O=C(O)CCSC(=S)N1CCCC1. The first-order chi connectivity index (χ1) is 6.20. The number of nitrogens with zero attached hydrogens (tertiary/aromatic N) is 1. The molecule has 1 fully saturated rings. The first-order valence-corrected chi connectivity index (χ1v) is 5.73. The average Bonchev–Trinajstić information content (AvgIpc) is 2.55. The fraction of sp³-hybridized carbons (Fsp3) is 0.750. The van der Waals surface area contributed by atoms with Crippen LogP contribution in [0.2, 0.25) is 0 Å². The summed E-state index contributed by atoms with van der Waals surface area (Å²) in [6.07, 6.45) is 2.61. The van der Waals surface area contributed by atoms with Gasteiger partial charge in [-0.3, -0.25) is 4.79 Å². The number of thiocarbonyl (C=S) groups is 1. The van der Waals surface area contributed by atoms with Crippen LogP contribution in [-0.2, 0) is 4.79 Å². The Morgan fingerprint density at radius 2 is 2.08 bits per heavy atom. The predicted molar refractivity (Wildman–Crippen MR) is 58.1 cm³/mol. The number of carbonyl (C=O) groups is 1. The summed E-state index contributed by atoms with van der Waals surface area (Å²) in [5, 5.41) is 8.42. The van der Waals surface area contributed by atoms with Gasteiger partial charge in [-0.15, -0.1) is 0 Å². The van der Waals surface area contributed by atoms with E-state index in [9.17, 15) is 4.79 Å². The minimum Gasteiger partial charge on any atom is -0.481 e. The Kier molecular flexibility index (Phi) is 4.52. The molecule has 3 nitrogen and oxygen atoms in total. The molecular formula is C8H13NO2S2. The van der Waals surface area contributed by atoms with Crippen LogP contribution >= 0.6 is 24.0 Å². The molecular weight excluding hydrogens is 206 g/mol. The topological polar surface area (TPSA) is 40.5 Å². The van der Waals surface area contributed by atoms with Gasteiger partial charge in [0.25, 0.3) is 0 Å². The first kappa shape index (κ1) is 10.8. The minimum absolute atomic E-state index is 0.193. The molecule has 1 rings (SSSR count). The van der Waals surface area contributed by atoms with Crippen LogP contribution in [0, 0.1) is 0 Å². The third-order valence-corrected chi connectivity index (χ3v) is 3.43. The van der Waals surface area contributed by atoms with Gasteiger partial charge in [0.2, 0.25) is 0 Å². The molecule has 0 aromatic rings. The maximum atomic E-state index is 10.2. The molecule has 0 atom stereocenters. The number of thioether (sulfide) groups is 1. The number of hydrogen-bond donors (Lipinski definition) is 1. The van der Waals surface area contributed by atoms with Crippen molar-refractivity contribution < 1.29 is 9.90 Å². The molecule has 13 heavy (non-hydrogen) atoms. The zero-order chi connectivity index (χ0) is 9.68. The molecule has 0 amide bonds. The highest BCUT2D eigenvalue weighted by molar-refractivity contribution is 8.22. The second kappa shape index (κ2) is 5.44. The maximum absolute atomic E-state index is 10.2. The van der Waals surface area contributed by atoms with Crippen molar-refractivity contribution in [3.8, 4) is 0 Å². The highest BCUT2D eigenvalue weighted by Gasteiger charge is 2.14. The third-order valence-electron chi connectivity index (χ3n) is 1.91. The molecule has 0 spiro atoms. The van der Waals surface area contributed by atoms with Crippen LogP contribution in [0.4, 0.5) is 0 Å². The van der Waals surface area contributed by atoms with Crippen molar-refractivity contribution in [3.63, 3.8) is 0 Å². The number of aliphatic carboxylic acids is 1. The average molecular weight is 219 g/mol. The van der Waals surface area contributed by atoms with Crippen LogP contribution in [0.5, 0.6) is 0 Å². The number of likely N-dealkylation sites (tertiary alicyclic amines) is 1. The second-order valence-electron chi connectivity index (χ2n) is 2.95. The van der Waals surface area contributed by atoms with Gasteiger partial charge in [-0.25, -0.2) is 0 Å². The van der Waals surface area contributed by atoms with Gasteiger partial charge >= 0.3 is 5.97 Å². The van der Waals surface area contributed by atoms with Crippen molar-refractivity contribution in [1.82, 2.24) is 4.90 Å². The molecule has 1 saturated heterocycles. The van der Waals surface area contributed by atoms with Gasteiger partial charge in [-0.1, -0.05) is 24.0 Å². The van der Waals surface area contributed by atoms with E-state index >= 15 is 0 Å². The van der Waals surface area contributed by atoms with Crippen molar-refractivity contribution in [1.29, 1.82) is 0 Å². The predicted octanol–water partition coefficient (Wildman–Crippen LogP) is 1.58. The number of carboxylic acids is 1. The van der Waals surface area contributed by atoms with Crippen molar-refractivity contribution in [2.75, 3.05) is 18.8 Å². The van der Waals surface area contributed by atoms with E-state index in [1.807, 2.05) is 0 Å². The maximum Gasteiger partial charge on any atom is 0.304 e. The Morgan fingerprint density at radius 1 is 1.46 bits per heavy atom. The highest BCUT2D eigenvalue weighted by Crippen LogP contribution is 2.16. The van der Waals surface area contributed by atoms with E-state index in [-0.39, 0.29) is 6.42 Å². The van der Waals surface area contributed by atoms with E-state index in [1.54, 1.807) is 0 Å². The van der Waals surface area contributed by atoms with Crippen LogP contribution in [0.1, 0.15) is 19.3 Å². The third kappa shape index (κ3) is 3.95. The summed E-state index contributed by atoms with van der Waals surface area (Å²) in [6, 6.07) is 0. The van der Waals surface area contributed by atoms with Crippen LogP contribution in [0.3, 0.4) is 0 Å². The van der Waals surface area contributed by atoms with Crippen molar-refractivity contribution in [2.45, 2.75) is 19.3 Å². The van der Waals surface area contributed by atoms with Crippen LogP contribution < -0.4 is 0 Å². The molecule has 5 heteroatoms. The zero-order valence-electron chi connectivity index (χ0n) is 7.36. The largest absolute Gasteiger partial charge is 0.481 e. The standard InChI is InChI=1S/C8H13NO2S2/c10-7(11)3-6-13-8(12)9-4-1-2-5-9/h1-6H2,(H,10,11). The first-order valence-electron chi connectivity index (χ1n) is 4.33. The van der Waals surface area contributed by atoms with Gasteiger partial charge in [0.15, 0.2) is 0 Å². The lowest BCUT2D eigenvalue weighted by Crippen LogP contribution is -2.23. The van der Waals surface area contributed by atoms with E-state index in [0.717, 1.165) is 17.4 Å². The van der Waals surface area contributed by atoms with E-state index in [1.165, 1.54) is 24.6 Å². The molecule has 0 aliphatic carbocycles. The van der Waals surface area contributed by atoms with Crippen LogP contribution in [-0.4, -0.2) is 39.1 Å². The molecule has 0 bridgehead atoms. The molecule has 0 radical (unpaired) electrons. The number of hydrogen-bond acceptors (Lipinski definition) is 3. The smallest absolute Gasteiger partial charge is 0.304 e. The second-order valence-corrected chi connectivity index (χ2v) is 4.68. The summed E-state index contributed by atoms with van der Waals surface area (Å²) in [6.45, 7) is 2.08. The molecule has 0 unspecified atom stereocenters. The van der Waals surface area contributed by atoms with Crippen molar-refractivity contribution in [2.24, 2.45) is 0 Å². The van der Waals surface area contributed by atoms with E-state index in [0.29, 0.717) is 5.75 Å². The van der Waals surface area contributed by atoms with E-state index < -0.39 is 5.97 Å². The van der Waals surface area contributed by atoms with Gasteiger partial charge in [0.1, 0.15) is 4.32 Å². The minimum atomic E-state index is -0.753. The quantitative estimate of drug-likeness (QED) is 0.730. The summed E-state index contributed by atoms with van der Waals surface area (Å²) in [5.41, 5.74) is 0. The normalized spacial score (nSPS) is 16.2. The highest BCUT2D eigenvalue weighted by atomic mass is 32.2. The monoisotopic (exact) mass is 219 g/mol. The Hall–Kier alpha value is -0.290. The van der Waals surface area contributed by atoms with Crippen molar-refractivity contribution in [3.05, 3.63) is 0 Å². The lowest BCUT2D eigenvalue weighted by molar-refractivity contribution is -0.136. The Morgan fingerprint density at radius 3 is 2.62 bits per heavy atom. The zero-order valence-corrected chi connectivity index (χ0v) is 8.99. The molecule has 0 aromatic heterocycles. The van der Waals surface area contributed by atoms with Gasteiger partial charge in [-0.05, 0) is 12.8 Å². The molecule has 1 aliphatic heterocycles. The van der Waals surface area contributed by atoms with E-state index in [4.69, 9.17) is 17.3 Å². The molecule has 1 aliphatic rings. The van der Waals surface area contributed by atoms with Crippen molar-refractivity contribution >= 4 is 34.3 Å². The molecule has 1 N–H and O–H groups in total. The molecule has 74 valence electrons. The summed E-state index contributed by atoms with van der Waals surface area (Å²) >= 11 is 6.64. The van der Waals surface area contributed by atoms with Gasteiger partial charge in [0.05, 0.1) is 6.42 Å². The Bertz CT molecular complexity index is 202. The summed E-state index contributed by atoms with van der Waals surface area (Å²) < 4.78 is 0.860. The molecule has 1 heterocycles. The fourth-order valence-corrected chi connectivity index (χ4v) is 2.47. The van der Waals surface area contributed by atoms with Crippen LogP contribution in [0.25, 0.3) is 0 Å². The van der Waals surface area contributed by atoms with Gasteiger partial charge < -0.3 is 10.0 Å². The molecule has 0 saturated carbocycles. The Labute approximate surface area is 87.5 Å². The summed E-state index contributed by atoms with van der Waals surface area (Å²) in [4.78, 5) is 12.4. The van der Waals surface area contributed by atoms with Gasteiger partial charge in [0, 0.05) is 18.8 Å². The van der Waals surface area contributed by atoms with Crippen LogP contribution in [0.15, 0.2) is 0 Å².